The fourth-order valence-electron chi connectivity index (χ4n) is 3.52. The Morgan fingerprint density at radius 3 is 2.53 bits per heavy atom. The number of nitrogens with one attached hydrogen (secondary N) is 1. The highest BCUT2D eigenvalue weighted by Gasteiger charge is 2.32. The van der Waals surface area contributed by atoms with Crippen molar-refractivity contribution in [1.29, 1.82) is 0 Å². The van der Waals surface area contributed by atoms with Gasteiger partial charge in [0.1, 0.15) is 21.7 Å². The Kier molecular flexibility index (Phi) is 6.27. The van der Waals surface area contributed by atoms with Gasteiger partial charge in [-0.3, -0.25) is 0 Å². The zero-order chi connectivity index (χ0) is 25.3. The van der Waals surface area contributed by atoms with E-state index < -0.39 is 11.9 Å². The van der Waals surface area contributed by atoms with Crippen LogP contribution in [0.5, 0.6) is 5.75 Å². The predicted molar refractivity (Wildman–Crippen MR) is 131 cm³/mol. The van der Waals surface area contributed by atoms with E-state index in [1.807, 2.05) is 24.3 Å². The Hall–Kier alpha value is -4.06. The van der Waals surface area contributed by atoms with Gasteiger partial charge in [-0.05, 0) is 57.9 Å². The molecular formula is C24H17BrF3N7O. The lowest BCUT2D eigenvalue weighted by Gasteiger charge is -2.11. The molecule has 0 bridgehead atoms. The van der Waals surface area contributed by atoms with Crippen molar-refractivity contribution < 1.29 is 17.9 Å². The Morgan fingerprint density at radius 1 is 1.00 bits per heavy atom. The van der Waals surface area contributed by atoms with Crippen LogP contribution in [0, 0.1) is 0 Å². The number of benzene rings is 1. The summed E-state index contributed by atoms with van der Waals surface area (Å²) in [6.07, 6.45) is -1.39. The molecule has 1 N–H and O–H groups in total. The van der Waals surface area contributed by atoms with Crippen LogP contribution < -0.4 is 10.1 Å². The van der Waals surface area contributed by atoms with Crippen molar-refractivity contribution in [3.63, 3.8) is 0 Å². The van der Waals surface area contributed by atoms with Crippen LogP contribution in [0.4, 0.5) is 24.7 Å². The summed E-state index contributed by atoms with van der Waals surface area (Å²) in [5.74, 6) is 1.07. The van der Waals surface area contributed by atoms with Gasteiger partial charge in [-0.15, -0.1) is 0 Å². The number of hydrogen-bond acceptors (Lipinski definition) is 7. The van der Waals surface area contributed by atoms with Gasteiger partial charge in [-0.25, -0.2) is 24.9 Å². The van der Waals surface area contributed by atoms with E-state index in [-0.39, 0.29) is 11.5 Å². The molecule has 12 heteroatoms. The van der Waals surface area contributed by atoms with E-state index >= 15 is 0 Å². The maximum atomic E-state index is 13.3. The molecule has 182 valence electrons. The highest BCUT2D eigenvalue weighted by atomic mass is 79.9. The standard InChI is InChI=1S/C24H17BrF3N7O/c1-36-16-7-5-14(6-8-16)12-35-13-30-20-22(31-15-9-10-29-19(25)11-15)33-21(34-23(20)35)17-3-2-4-18(32-17)24(26,27)28/h2-11,13H,12H2,1H3,(H,29,31,33,34). The second kappa shape index (κ2) is 9.53. The quantitative estimate of drug-likeness (QED) is 0.262. The molecule has 4 heterocycles. The van der Waals surface area contributed by atoms with Crippen LogP contribution in [0.3, 0.4) is 0 Å². The largest absolute Gasteiger partial charge is 0.497 e. The van der Waals surface area contributed by atoms with Crippen molar-refractivity contribution in [3.8, 4) is 17.3 Å². The van der Waals surface area contributed by atoms with Gasteiger partial charge in [0.05, 0.1) is 20.0 Å². The van der Waals surface area contributed by atoms with Crippen LogP contribution in [-0.4, -0.2) is 36.6 Å². The SMILES string of the molecule is COc1ccc(Cn2cnc3c(Nc4ccnc(Br)c4)nc(-c4cccc(C(F)(F)F)n4)nc32)cc1. The average Bonchev–Trinajstić information content (AvgIpc) is 3.27. The van der Waals surface area contributed by atoms with E-state index in [4.69, 9.17) is 4.74 Å². The van der Waals surface area contributed by atoms with Gasteiger partial charge in [0.15, 0.2) is 22.8 Å². The number of methoxy groups -OCH3 is 1. The summed E-state index contributed by atoms with van der Waals surface area (Å²) >= 11 is 3.33. The molecule has 0 atom stereocenters. The van der Waals surface area contributed by atoms with Gasteiger partial charge in [0.25, 0.3) is 0 Å². The summed E-state index contributed by atoms with van der Waals surface area (Å²) in [4.78, 5) is 21.4. The fraction of sp³-hybridized carbons (Fsp3) is 0.125. The smallest absolute Gasteiger partial charge is 0.433 e. The minimum absolute atomic E-state index is 0.0112. The molecule has 0 radical (unpaired) electrons. The zero-order valence-corrected chi connectivity index (χ0v) is 20.2. The van der Waals surface area contributed by atoms with Gasteiger partial charge in [-0.1, -0.05) is 18.2 Å². The van der Waals surface area contributed by atoms with Crippen LogP contribution in [0.15, 0.2) is 71.7 Å². The van der Waals surface area contributed by atoms with E-state index in [1.165, 1.54) is 12.1 Å². The first-order valence-corrected chi connectivity index (χ1v) is 11.4. The lowest BCUT2D eigenvalue weighted by molar-refractivity contribution is -0.141. The Morgan fingerprint density at radius 2 is 1.81 bits per heavy atom. The number of nitrogens with zero attached hydrogens (tertiary/aromatic N) is 6. The number of rotatable bonds is 6. The highest BCUT2D eigenvalue weighted by Crippen LogP contribution is 2.31. The molecule has 8 nitrogen and oxygen atoms in total. The minimum atomic E-state index is -4.60. The van der Waals surface area contributed by atoms with E-state index in [0.29, 0.717) is 33.8 Å². The third-order valence-corrected chi connectivity index (χ3v) is 5.67. The Labute approximate surface area is 211 Å². The monoisotopic (exact) mass is 555 g/mol. The van der Waals surface area contributed by atoms with Crippen LogP contribution in [0.1, 0.15) is 11.3 Å². The number of alkyl halides is 3. The average molecular weight is 556 g/mol. The zero-order valence-electron chi connectivity index (χ0n) is 18.7. The maximum Gasteiger partial charge on any atom is 0.433 e. The second-order valence-corrected chi connectivity index (χ2v) is 8.50. The number of fused-ring (bicyclic) bond motifs is 1. The van der Waals surface area contributed by atoms with Crippen molar-refractivity contribution in [2.45, 2.75) is 12.7 Å². The van der Waals surface area contributed by atoms with Crippen LogP contribution >= 0.6 is 15.9 Å². The van der Waals surface area contributed by atoms with Gasteiger partial charge < -0.3 is 14.6 Å². The van der Waals surface area contributed by atoms with Gasteiger partial charge in [0, 0.05) is 11.9 Å². The summed E-state index contributed by atoms with van der Waals surface area (Å²) in [6.45, 7) is 0.424. The number of aromatic nitrogens is 6. The molecule has 0 fully saturated rings. The first-order chi connectivity index (χ1) is 17.3. The summed E-state index contributed by atoms with van der Waals surface area (Å²) in [6, 6.07) is 14.6. The number of anilines is 2. The number of hydrogen-bond donors (Lipinski definition) is 1. The molecule has 36 heavy (non-hydrogen) atoms. The van der Waals surface area contributed by atoms with E-state index in [9.17, 15) is 13.2 Å². The summed E-state index contributed by atoms with van der Waals surface area (Å²) in [7, 11) is 1.59. The molecule has 0 unspecified atom stereocenters. The maximum absolute atomic E-state index is 13.3. The molecule has 0 aliphatic carbocycles. The fourth-order valence-corrected chi connectivity index (χ4v) is 3.89. The predicted octanol–water partition coefficient (Wildman–Crippen LogP) is 5.87. The van der Waals surface area contributed by atoms with E-state index in [2.05, 4.69) is 46.2 Å². The van der Waals surface area contributed by atoms with Crippen molar-refractivity contribution in [3.05, 3.63) is 83.0 Å². The topological polar surface area (TPSA) is 90.6 Å². The lowest BCUT2D eigenvalue weighted by Crippen LogP contribution is -2.09. The molecule has 5 aromatic rings. The van der Waals surface area contributed by atoms with Crippen molar-refractivity contribution in [1.82, 2.24) is 29.5 Å². The van der Waals surface area contributed by atoms with Crippen molar-refractivity contribution in [2.75, 3.05) is 12.4 Å². The first-order valence-electron chi connectivity index (χ1n) is 10.6. The van der Waals surface area contributed by atoms with Crippen LogP contribution in [-0.2, 0) is 12.7 Å². The molecule has 0 spiro atoms. The summed E-state index contributed by atoms with van der Waals surface area (Å²) in [5, 5.41) is 3.17. The van der Waals surface area contributed by atoms with Crippen molar-refractivity contribution >= 4 is 38.6 Å². The molecule has 0 amide bonds. The van der Waals surface area contributed by atoms with Gasteiger partial charge in [0.2, 0.25) is 0 Å². The minimum Gasteiger partial charge on any atom is -0.497 e. The lowest BCUT2D eigenvalue weighted by atomic mass is 10.2. The second-order valence-electron chi connectivity index (χ2n) is 7.69. The molecule has 5 rings (SSSR count). The number of halogens is 4. The Balaban J connectivity index is 1.62. The molecular weight excluding hydrogens is 539 g/mol. The van der Waals surface area contributed by atoms with Crippen molar-refractivity contribution in [2.24, 2.45) is 0 Å². The molecule has 0 saturated heterocycles. The highest BCUT2D eigenvalue weighted by molar-refractivity contribution is 9.10. The van der Waals surface area contributed by atoms with E-state index in [1.54, 1.807) is 36.3 Å². The van der Waals surface area contributed by atoms with Crippen LogP contribution in [0.25, 0.3) is 22.7 Å². The number of pyridine rings is 2. The van der Waals surface area contributed by atoms with Gasteiger partial charge in [-0.2, -0.15) is 13.2 Å². The van der Waals surface area contributed by atoms with Gasteiger partial charge >= 0.3 is 6.18 Å². The Bertz CT molecular complexity index is 1540. The normalized spacial score (nSPS) is 11.6. The molecule has 0 aliphatic rings. The third-order valence-electron chi connectivity index (χ3n) is 5.23. The molecule has 1 aromatic carbocycles. The van der Waals surface area contributed by atoms with Crippen LogP contribution in [0.2, 0.25) is 0 Å². The van der Waals surface area contributed by atoms with E-state index in [0.717, 1.165) is 17.4 Å². The molecule has 4 aromatic heterocycles. The third kappa shape index (κ3) is 4.98. The number of ether oxygens (including phenoxy) is 1. The summed E-state index contributed by atoms with van der Waals surface area (Å²) < 4.78 is 47.5. The first kappa shape index (κ1) is 23.7. The molecule has 0 saturated carbocycles. The summed E-state index contributed by atoms with van der Waals surface area (Å²) in [5.41, 5.74) is 1.47. The number of imidazole rings is 1. The molecule has 0 aliphatic heterocycles.